The van der Waals surface area contributed by atoms with Crippen molar-refractivity contribution in [2.24, 2.45) is 0 Å². The fraction of sp³-hybridized carbons (Fsp3) is 0.615. The number of aryl methyl sites for hydroxylation is 1. The molecule has 19 heavy (non-hydrogen) atoms. The third-order valence-corrected chi connectivity index (χ3v) is 2.86. The number of likely N-dealkylation sites (N-methyl/N-ethyl adjacent to an activating group) is 1. The van der Waals surface area contributed by atoms with E-state index in [2.05, 4.69) is 21.6 Å². The van der Waals surface area contributed by atoms with Gasteiger partial charge in [0, 0.05) is 13.1 Å². The van der Waals surface area contributed by atoms with Gasteiger partial charge in [-0.2, -0.15) is 10.4 Å². The van der Waals surface area contributed by atoms with E-state index < -0.39 is 5.60 Å². The van der Waals surface area contributed by atoms with Crippen molar-refractivity contribution in [2.45, 2.75) is 26.4 Å². The Balaban J connectivity index is 2.85. The van der Waals surface area contributed by atoms with Crippen LogP contribution in [0.15, 0.2) is 0 Å². The van der Waals surface area contributed by atoms with Gasteiger partial charge in [0.25, 0.3) is 0 Å². The topological polar surface area (TPSA) is 85.1 Å². The summed E-state index contributed by atoms with van der Waals surface area (Å²) < 4.78 is 0. The van der Waals surface area contributed by atoms with E-state index in [9.17, 15) is 10.4 Å². The van der Waals surface area contributed by atoms with Gasteiger partial charge in [-0.3, -0.25) is 0 Å². The summed E-state index contributed by atoms with van der Waals surface area (Å²) in [6.07, 6.45) is 0. The molecule has 1 aromatic rings. The van der Waals surface area contributed by atoms with Crippen LogP contribution >= 0.6 is 0 Å². The van der Waals surface area contributed by atoms with Gasteiger partial charge < -0.3 is 15.3 Å². The summed E-state index contributed by atoms with van der Waals surface area (Å²) in [5, 5.41) is 30.4. The smallest absolute Gasteiger partial charge is 0.167 e. The zero-order chi connectivity index (χ0) is 14.6. The first-order chi connectivity index (χ1) is 8.76. The maximum Gasteiger partial charge on any atom is 0.167 e. The molecule has 0 aliphatic heterocycles. The van der Waals surface area contributed by atoms with Crippen molar-refractivity contribution in [3.05, 3.63) is 16.8 Å². The zero-order valence-corrected chi connectivity index (χ0v) is 12.2. The largest absolute Gasteiger partial charge is 0.387 e. The normalized spacial score (nSPS) is 14.0. The third-order valence-electron chi connectivity index (χ3n) is 2.86. The number of aliphatic hydroxyl groups is 1. The highest BCUT2D eigenvalue weighted by atomic mass is 16.3. The molecule has 0 saturated heterocycles. The maximum atomic E-state index is 10.2. The van der Waals surface area contributed by atoms with Gasteiger partial charge in [-0.05, 0) is 40.4 Å². The molecule has 0 saturated carbocycles. The number of nitrogens with zero attached hydrogens (tertiary/aromatic N) is 4. The molecule has 0 fully saturated rings. The fourth-order valence-corrected chi connectivity index (χ4v) is 1.88. The van der Waals surface area contributed by atoms with E-state index in [0.29, 0.717) is 24.5 Å². The average molecular weight is 263 g/mol. The van der Waals surface area contributed by atoms with E-state index in [1.807, 2.05) is 32.8 Å². The van der Waals surface area contributed by atoms with Crippen molar-refractivity contribution in [1.29, 1.82) is 5.26 Å². The second-order valence-corrected chi connectivity index (χ2v) is 5.33. The van der Waals surface area contributed by atoms with Crippen LogP contribution in [0.5, 0.6) is 0 Å². The molecule has 0 amide bonds. The van der Waals surface area contributed by atoms with Crippen LogP contribution in [-0.4, -0.2) is 53.0 Å². The van der Waals surface area contributed by atoms with Crippen LogP contribution in [0.25, 0.3) is 0 Å². The molecule has 6 nitrogen and oxygen atoms in total. The van der Waals surface area contributed by atoms with Crippen LogP contribution in [0.1, 0.15) is 23.7 Å². The molecule has 104 valence electrons. The van der Waals surface area contributed by atoms with Gasteiger partial charge in [0.05, 0.1) is 11.3 Å². The van der Waals surface area contributed by atoms with Gasteiger partial charge in [0.15, 0.2) is 5.82 Å². The highest BCUT2D eigenvalue weighted by Gasteiger charge is 2.22. The number of nitrogens with one attached hydrogen (secondary N) is 1. The molecule has 1 heterocycles. The molecule has 1 aromatic heterocycles. The average Bonchev–Trinajstić information content (AvgIpc) is 2.29. The third kappa shape index (κ3) is 4.16. The molecule has 0 aliphatic carbocycles. The molecule has 0 bridgehead atoms. The second kappa shape index (κ2) is 5.95. The van der Waals surface area contributed by atoms with Crippen LogP contribution in [-0.2, 0) is 0 Å². The molecule has 0 aliphatic rings. The van der Waals surface area contributed by atoms with Crippen molar-refractivity contribution in [2.75, 3.05) is 32.5 Å². The fourth-order valence-electron chi connectivity index (χ4n) is 1.88. The van der Waals surface area contributed by atoms with Gasteiger partial charge >= 0.3 is 0 Å². The lowest BCUT2D eigenvalue weighted by Crippen LogP contribution is -2.43. The number of nitriles is 1. The number of aromatic nitrogens is 2. The van der Waals surface area contributed by atoms with Crippen molar-refractivity contribution < 1.29 is 5.11 Å². The lowest BCUT2D eigenvalue weighted by Gasteiger charge is -2.27. The molecule has 2 N–H and O–H groups in total. The number of rotatable bonds is 5. The Bertz CT molecular complexity index is 491. The standard InChI is InChI=1S/C13H21N5O/c1-9-10(2)16-17-12(11(9)6-14)15-7-13(3,19)8-18(4)5/h19H,7-8H2,1-5H3,(H,15,17). The van der Waals surface area contributed by atoms with E-state index in [4.69, 9.17) is 0 Å². The summed E-state index contributed by atoms with van der Waals surface area (Å²) in [5.41, 5.74) is 1.12. The van der Waals surface area contributed by atoms with Gasteiger partial charge in [-0.25, -0.2) is 0 Å². The quantitative estimate of drug-likeness (QED) is 0.813. The van der Waals surface area contributed by atoms with E-state index in [-0.39, 0.29) is 0 Å². The first-order valence-corrected chi connectivity index (χ1v) is 6.12. The molecule has 1 atom stereocenters. The minimum absolute atomic E-state index is 0.303. The van der Waals surface area contributed by atoms with Gasteiger partial charge in [-0.15, -0.1) is 5.10 Å². The summed E-state index contributed by atoms with van der Waals surface area (Å²) in [4.78, 5) is 1.90. The molecule has 0 aromatic carbocycles. The first-order valence-electron chi connectivity index (χ1n) is 6.12. The summed E-state index contributed by atoms with van der Waals surface area (Å²) in [7, 11) is 3.79. The molecule has 1 rings (SSSR count). The lowest BCUT2D eigenvalue weighted by molar-refractivity contribution is 0.0459. The number of hydrogen-bond acceptors (Lipinski definition) is 6. The Hall–Kier alpha value is -1.71. The van der Waals surface area contributed by atoms with E-state index in [1.54, 1.807) is 6.92 Å². The summed E-state index contributed by atoms with van der Waals surface area (Å²) in [6, 6.07) is 2.12. The lowest BCUT2D eigenvalue weighted by atomic mass is 10.1. The molecule has 0 spiro atoms. The van der Waals surface area contributed by atoms with Crippen LogP contribution in [0.2, 0.25) is 0 Å². The Morgan fingerprint density at radius 2 is 2.00 bits per heavy atom. The predicted octanol–water partition coefficient (Wildman–Crippen LogP) is 0.690. The van der Waals surface area contributed by atoms with Gasteiger partial charge in [0.1, 0.15) is 11.6 Å². The summed E-state index contributed by atoms with van der Waals surface area (Å²) >= 11 is 0. The highest BCUT2D eigenvalue weighted by Crippen LogP contribution is 2.18. The Kier molecular flexibility index (Phi) is 4.81. The number of hydrogen-bond donors (Lipinski definition) is 2. The summed E-state index contributed by atoms with van der Waals surface area (Å²) in [5.74, 6) is 0.421. The monoisotopic (exact) mass is 263 g/mol. The van der Waals surface area contributed by atoms with Crippen molar-refractivity contribution in [3.8, 4) is 6.07 Å². The molecule has 1 unspecified atom stereocenters. The zero-order valence-electron chi connectivity index (χ0n) is 12.2. The minimum atomic E-state index is -0.906. The van der Waals surface area contributed by atoms with Crippen LogP contribution in [0, 0.1) is 25.2 Å². The molecular weight excluding hydrogens is 242 g/mol. The van der Waals surface area contributed by atoms with E-state index >= 15 is 0 Å². The SMILES string of the molecule is Cc1nnc(NCC(C)(O)CN(C)C)c(C#N)c1C. The number of anilines is 1. The van der Waals surface area contributed by atoms with Crippen molar-refractivity contribution in [1.82, 2.24) is 15.1 Å². The van der Waals surface area contributed by atoms with Gasteiger partial charge in [0.2, 0.25) is 0 Å². The molecular formula is C13H21N5O. The minimum Gasteiger partial charge on any atom is -0.387 e. The molecule has 0 radical (unpaired) electrons. The highest BCUT2D eigenvalue weighted by molar-refractivity contribution is 5.55. The Morgan fingerprint density at radius 1 is 1.37 bits per heavy atom. The van der Waals surface area contributed by atoms with Crippen molar-refractivity contribution in [3.63, 3.8) is 0 Å². The molecule has 6 heteroatoms. The van der Waals surface area contributed by atoms with Crippen LogP contribution < -0.4 is 5.32 Å². The predicted molar refractivity (Wildman–Crippen MR) is 73.9 cm³/mol. The van der Waals surface area contributed by atoms with Crippen LogP contribution in [0.4, 0.5) is 5.82 Å². The van der Waals surface area contributed by atoms with E-state index in [1.165, 1.54) is 0 Å². The maximum absolute atomic E-state index is 10.2. The van der Waals surface area contributed by atoms with Crippen molar-refractivity contribution >= 4 is 5.82 Å². The summed E-state index contributed by atoms with van der Waals surface area (Å²) in [6.45, 7) is 6.21. The first kappa shape index (κ1) is 15.3. The van der Waals surface area contributed by atoms with E-state index in [0.717, 1.165) is 11.3 Å². The Morgan fingerprint density at radius 3 is 2.53 bits per heavy atom. The second-order valence-electron chi connectivity index (χ2n) is 5.33. The Labute approximate surface area is 114 Å². The van der Waals surface area contributed by atoms with Crippen LogP contribution in [0.3, 0.4) is 0 Å². The van der Waals surface area contributed by atoms with Gasteiger partial charge in [-0.1, -0.05) is 0 Å².